The highest BCUT2D eigenvalue weighted by Crippen LogP contribution is 2.31. The Balaban J connectivity index is 1.90. The summed E-state index contributed by atoms with van der Waals surface area (Å²) in [5.74, 6) is -0.520. The number of sulfonamides is 1. The van der Waals surface area contributed by atoms with Crippen molar-refractivity contribution in [3.8, 4) is 5.75 Å². The first-order valence-corrected chi connectivity index (χ1v) is 9.96. The summed E-state index contributed by atoms with van der Waals surface area (Å²) < 4.78 is 32.8. The lowest BCUT2D eigenvalue weighted by atomic mass is 10.2. The maximum atomic E-state index is 12.8. The molecular formula is C19H16N4O6S. The molecule has 2 aromatic carbocycles. The molecule has 3 rings (SSSR count). The number of pyridine rings is 1. The van der Waals surface area contributed by atoms with Gasteiger partial charge in [-0.1, -0.05) is 12.1 Å². The number of hydrogen-bond acceptors (Lipinski definition) is 7. The molecule has 1 amide bonds. The van der Waals surface area contributed by atoms with Crippen LogP contribution in [-0.4, -0.2) is 31.3 Å². The van der Waals surface area contributed by atoms with E-state index in [0.29, 0.717) is 5.56 Å². The molecule has 1 aromatic heterocycles. The van der Waals surface area contributed by atoms with Gasteiger partial charge in [-0.2, -0.15) is 0 Å². The highest BCUT2D eigenvalue weighted by Gasteiger charge is 2.23. The van der Waals surface area contributed by atoms with Crippen LogP contribution in [0.4, 0.5) is 17.1 Å². The first-order valence-electron chi connectivity index (χ1n) is 8.47. The number of nitro groups is 1. The SMILES string of the molecule is COc1ccc(S(=O)(=O)Nc2ccccc2NC(=O)c2ccncc2)cc1[N+](=O)[O-]. The van der Waals surface area contributed by atoms with Crippen molar-refractivity contribution in [3.63, 3.8) is 0 Å². The largest absolute Gasteiger partial charge is 0.490 e. The van der Waals surface area contributed by atoms with E-state index in [0.717, 1.165) is 6.07 Å². The summed E-state index contributed by atoms with van der Waals surface area (Å²) in [7, 11) is -2.94. The summed E-state index contributed by atoms with van der Waals surface area (Å²) in [5, 5.41) is 13.8. The van der Waals surface area contributed by atoms with Gasteiger partial charge in [0.05, 0.1) is 28.3 Å². The number of ether oxygens (including phenoxy) is 1. The number of carbonyl (C=O) groups excluding carboxylic acids is 1. The minimum atomic E-state index is -4.19. The number of nitrogens with zero attached hydrogens (tertiary/aromatic N) is 2. The molecule has 3 aromatic rings. The third-order valence-corrected chi connectivity index (χ3v) is 5.38. The van der Waals surface area contributed by atoms with Crippen LogP contribution in [0, 0.1) is 10.1 Å². The molecule has 0 bridgehead atoms. The molecule has 11 heteroatoms. The number of benzene rings is 2. The molecule has 30 heavy (non-hydrogen) atoms. The molecule has 10 nitrogen and oxygen atoms in total. The Kier molecular flexibility index (Phi) is 5.93. The van der Waals surface area contributed by atoms with Gasteiger partial charge in [0.15, 0.2) is 5.75 Å². The van der Waals surface area contributed by atoms with E-state index >= 15 is 0 Å². The number of nitrogens with one attached hydrogen (secondary N) is 2. The van der Waals surface area contributed by atoms with Crippen molar-refractivity contribution >= 4 is 33.0 Å². The predicted octanol–water partition coefficient (Wildman–Crippen LogP) is 3.05. The molecule has 154 valence electrons. The average Bonchev–Trinajstić information content (AvgIpc) is 2.75. The van der Waals surface area contributed by atoms with Crippen molar-refractivity contribution in [1.82, 2.24) is 4.98 Å². The van der Waals surface area contributed by atoms with Gasteiger partial charge in [0.2, 0.25) is 0 Å². The van der Waals surface area contributed by atoms with E-state index in [2.05, 4.69) is 15.0 Å². The van der Waals surface area contributed by atoms with Crippen LogP contribution in [0.25, 0.3) is 0 Å². The molecule has 0 atom stereocenters. The molecule has 0 saturated heterocycles. The zero-order chi connectivity index (χ0) is 21.7. The van der Waals surface area contributed by atoms with Crippen molar-refractivity contribution < 1.29 is 22.9 Å². The maximum Gasteiger partial charge on any atom is 0.312 e. The average molecular weight is 428 g/mol. The molecular weight excluding hydrogens is 412 g/mol. The smallest absolute Gasteiger partial charge is 0.312 e. The second-order valence-electron chi connectivity index (χ2n) is 5.93. The van der Waals surface area contributed by atoms with E-state index in [1.807, 2.05) is 0 Å². The van der Waals surface area contributed by atoms with Crippen LogP contribution in [-0.2, 0) is 10.0 Å². The fraction of sp³-hybridized carbons (Fsp3) is 0.0526. The Morgan fingerprint density at radius 2 is 1.73 bits per heavy atom. The Hall–Kier alpha value is -3.99. The van der Waals surface area contributed by atoms with Crippen molar-refractivity contribution in [2.75, 3.05) is 17.1 Å². The number of carbonyl (C=O) groups is 1. The molecule has 2 N–H and O–H groups in total. The molecule has 1 heterocycles. The molecule has 0 aliphatic heterocycles. The quantitative estimate of drug-likeness (QED) is 0.435. The number of hydrogen-bond donors (Lipinski definition) is 2. The van der Waals surface area contributed by atoms with Gasteiger partial charge in [-0.25, -0.2) is 8.42 Å². The third-order valence-electron chi connectivity index (χ3n) is 4.02. The first-order chi connectivity index (χ1) is 14.3. The fourth-order valence-corrected chi connectivity index (χ4v) is 3.66. The van der Waals surface area contributed by atoms with E-state index in [-0.39, 0.29) is 22.0 Å². The van der Waals surface area contributed by atoms with Gasteiger partial charge in [0, 0.05) is 24.0 Å². The second-order valence-corrected chi connectivity index (χ2v) is 7.61. The van der Waals surface area contributed by atoms with E-state index in [4.69, 9.17) is 4.74 Å². The van der Waals surface area contributed by atoms with Gasteiger partial charge >= 0.3 is 5.69 Å². The Morgan fingerprint density at radius 1 is 1.07 bits per heavy atom. The zero-order valence-corrected chi connectivity index (χ0v) is 16.4. The summed E-state index contributed by atoms with van der Waals surface area (Å²) in [4.78, 5) is 26.3. The van der Waals surface area contributed by atoms with Gasteiger partial charge in [-0.3, -0.25) is 24.6 Å². The highest BCUT2D eigenvalue weighted by atomic mass is 32.2. The minimum absolute atomic E-state index is 0.0658. The van der Waals surface area contributed by atoms with Crippen LogP contribution in [0.5, 0.6) is 5.75 Å². The van der Waals surface area contributed by atoms with Crippen LogP contribution in [0.1, 0.15) is 10.4 Å². The zero-order valence-electron chi connectivity index (χ0n) is 15.6. The Bertz CT molecular complexity index is 1200. The molecule has 0 aliphatic carbocycles. The van der Waals surface area contributed by atoms with Gasteiger partial charge in [0.1, 0.15) is 0 Å². The number of amides is 1. The molecule has 0 spiro atoms. The van der Waals surface area contributed by atoms with E-state index in [1.54, 1.807) is 12.1 Å². The second kappa shape index (κ2) is 8.57. The number of anilines is 2. The third kappa shape index (κ3) is 4.52. The van der Waals surface area contributed by atoms with Crippen LogP contribution in [0.2, 0.25) is 0 Å². The van der Waals surface area contributed by atoms with E-state index in [1.165, 1.54) is 55.9 Å². The van der Waals surface area contributed by atoms with E-state index in [9.17, 15) is 23.3 Å². The van der Waals surface area contributed by atoms with Crippen molar-refractivity contribution in [2.45, 2.75) is 4.90 Å². The van der Waals surface area contributed by atoms with Crippen molar-refractivity contribution in [1.29, 1.82) is 0 Å². The summed E-state index contributed by atoms with van der Waals surface area (Å²) in [6, 6.07) is 12.5. The standard InChI is InChI=1S/C19H16N4O6S/c1-29-18-7-6-14(12-17(18)23(25)26)30(27,28)22-16-5-3-2-4-15(16)21-19(24)13-8-10-20-11-9-13/h2-12,22H,1H3,(H,21,24). The van der Waals surface area contributed by atoms with Crippen molar-refractivity contribution in [3.05, 3.63) is 82.7 Å². The number of nitro benzene ring substituents is 1. The fourth-order valence-electron chi connectivity index (χ4n) is 2.56. The monoisotopic (exact) mass is 428 g/mol. The summed E-state index contributed by atoms with van der Waals surface area (Å²) in [6.45, 7) is 0. The van der Waals surface area contributed by atoms with Crippen LogP contribution < -0.4 is 14.8 Å². The maximum absolute atomic E-state index is 12.8. The topological polar surface area (TPSA) is 141 Å². The number of methoxy groups -OCH3 is 1. The van der Waals surface area contributed by atoms with Gasteiger partial charge in [-0.05, 0) is 36.4 Å². The Morgan fingerprint density at radius 3 is 2.37 bits per heavy atom. The van der Waals surface area contributed by atoms with E-state index < -0.39 is 26.5 Å². The highest BCUT2D eigenvalue weighted by molar-refractivity contribution is 7.92. The van der Waals surface area contributed by atoms with Crippen LogP contribution in [0.15, 0.2) is 71.9 Å². The molecule has 0 aliphatic rings. The lowest BCUT2D eigenvalue weighted by Crippen LogP contribution is -2.17. The molecule has 0 fully saturated rings. The normalized spacial score (nSPS) is 10.8. The minimum Gasteiger partial charge on any atom is -0.490 e. The summed E-state index contributed by atoms with van der Waals surface area (Å²) >= 11 is 0. The molecule has 0 unspecified atom stereocenters. The number of rotatable bonds is 7. The van der Waals surface area contributed by atoms with Crippen LogP contribution >= 0.6 is 0 Å². The Labute approximate surface area is 171 Å². The van der Waals surface area contributed by atoms with Gasteiger partial charge < -0.3 is 10.1 Å². The predicted molar refractivity (Wildman–Crippen MR) is 109 cm³/mol. The van der Waals surface area contributed by atoms with Crippen molar-refractivity contribution in [2.24, 2.45) is 0 Å². The molecule has 0 saturated carbocycles. The van der Waals surface area contributed by atoms with Gasteiger partial charge in [-0.15, -0.1) is 0 Å². The van der Waals surface area contributed by atoms with Gasteiger partial charge in [0.25, 0.3) is 15.9 Å². The molecule has 0 radical (unpaired) electrons. The summed E-state index contributed by atoms with van der Waals surface area (Å²) in [5.41, 5.74) is 0.164. The number of aromatic nitrogens is 1. The number of para-hydroxylation sites is 2. The van der Waals surface area contributed by atoms with Crippen LogP contribution in [0.3, 0.4) is 0 Å². The lowest BCUT2D eigenvalue weighted by Gasteiger charge is -2.14. The lowest BCUT2D eigenvalue weighted by molar-refractivity contribution is -0.386. The summed E-state index contributed by atoms with van der Waals surface area (Å²) in [6.07, 6.45) is 2.92. The first kappa shape index (κ1) is 20.7.